The molecule has 0 aliphatic heterocycles. The fraction of sp³-hybridized carbons (Fsp3) is 0.308. The van der Waals surface area contributed by atoms with E-state index in [9.17, 15) is 0 Å². The van der Waals surface area contributed by atoms with Gasteiger partial charge >= 0.3 is 0 Å². The van der Waals surface area contributed by atoms with Crippen molar-refractivity contribution in [2.45, 2.75) is 26.3 Å². The van der Waals surface area contributed by atoms with Crippen LogP contribution in [-0.2, 0) is 6.42 Å². The number of nitrogens with two attached hydrogens (primary N) is 1. The lowest BCUT2D eigenvalue weighted by molar-refractivity contribution is 0.550. The van der Waals surface area contributed by atoms with Crippen molar-refractivity contribution in [3.8, 4) is 0 Å². The molecule has 0 saturated heterocycles. The highest BCUT2D eigenvalue weighted by Crippen LogP contribution is 2.20. The van der Waals surface area contributed by atoms with Crippen LogP contribution in [0.15, 0.2) is 29.6 Å². The molecule has 1 atom stereocenters. The Morgan fingerprint density at radius 1 is 1.41 bits per heavy atom. The highest BCUT2D eigenvalue weighted by atomic mass is 32.1. The van der Waals surface area contributed by atoms with Gasteiger partial charge < -0.3 is 0 Å². The quantitative estimate of drug-likeness (QED) is 0.644. The summed E-state index contributed by atoms with van der Waals surface area (Å²) in [6, 6.07) is 8.52. The van der Waals surface area contributed by atoms with Crippen molar-refractivity contribution in [2.24, 2.45) is 5.84 Å². The van der Waals surface area contributed by atoms with E-state index in [1.165, 1.54) is 11.1 Å². The number of hydrogen-bond acceptors (Lipinski definition) is 4. The lowest BCUT2D eigenvalue weighted by Gasteiger charge is -2.15. The van der Waals surface area contributed by atoms with Gasteiger partial charge in [-0.1, -0.05) is 29.8 Å². The second-order valence-electron chi connectivity index (χ2n) is 4.22. The zero-order chi connectivity index (χ0) is 12.3. The van der Waals surface area contributed by atoms with E-state index in [0.29, 0.717) is 0 Å². The first-order valence-electron chi connectivity index (χ1n) is 5.62. The summed E-state index contributed by atoms with van der Waals surface area (Å²) in [7, 11) is 0. The van der Waals surface area contributed by atoms with E-state index < -0.39 is 0 Å². The van der Waals surface area contributed by atoms with Crippen LogP contribution >= 0.6 is 11.3 Å². The van der Waals surface area contributed by atoms with Crippen LogP contribution in [0.1, 0.15) is 27.9 Å². The average Bonchev–Trinajstić information content (AvgIpc) is 2.72. The summed E-state index contributed by atoms with van der Waals surface area (Å²) in [5.41, 5.74) is 6.40. The Morgan fingerprint density at radius 3 is 2.82 bits per heavy atom. The van der Waals surface area contributed by atoms with Crippen LogP contribution < -0.4 is 11.3 Å². The smallest absolute Gasteiger partial charge is 0.0947 e. The van der Waals surface area contributed by atoms with Crippen molar-refractivity contribution in [3.63, 3.8) is 0 Å². The molecule has 1 heterocycles. The van der Waals surface area contributed by atoms with Crippen LogP contribution in [0.3, 0.4) is 0 Å². The first-order valence-corrected chi connectivity index (χ1v) is 6.50. The van der Waals surface area contributed by atoms with E-state index in [1.54, 1.807) is 11.3 Å². The van der Waals surface area contributed by atoms with Crippen molar-refractivity contribution in [2.75, 3.05) is 0 Å². The molecule has 1 unspecified atom stereocenters. The van der Waals surface area contributed by atoms with Crippen molar-refractivity contribution < 1.29 is 0 Å². The monoisotopic (exact) mass is 247 g/mol. The van der Waals surface area contributed by atoms with Gasteiger partial charge in [0.05, 0.1) is 11.0 Å². The number of nitrogens with one attached hydrogen (secondary N) is 1. The number of benzene rings is 1. The predicted octanol–water partition coefficient (Wildman–Crippen LogP) is 2.51. The van der Waals surface area contributed by atoms with E-state index in [-0.39, 0.29) is 6.04 Å². The molecule has 4 heteroatoms. The van der Waals surface area contributed by atoms with Crippen LogP contribution in [0.4, 0.5) is 0 Å². The Hall–Kier alpha value is -1.23. The van der Waals surface area contributed by atoms with Crippen molar-refractivity contribution >= 4 is 11.3 Å². The van der Waals surface area contributed by atoms with Crippen molar-refractivity contribution in [1.29, 1.82) is 0 Å². The number of aryl methyl sites for hydroxylation is 2. The fourth-order valence-electron chi connectivity index (χ4n) is 1.83. The lowest BCUT2D eigenvalue weighted by atomic mass is 10.0. The third-order valence-corrected chi connectivity index (χ3v) is 3.68. The molecule has 1 aromatic carbocycles. The Morgan fingerprint density at radius 2 is 2.24 bits per heavy atom. The summed E-state index contributed by atoms with van der Waals surface area (Å²) in [6.45, 7) is 4.10. The molecule has 0 fully saturated rings. The molecule has 0 radical (unpaired) electrons. The molecule has 3 N–H and O–H groups in total. The molecule has 0 aliphatic carbocycles. The van der Waals surface area contributed by atoms with Gasteiger partial charge in [0.15, 0.2) is 0 Å². The van der Waals surface area contributed by atoms with E-state index >= 15 is 0 Å². The second kappa shape index (κ2) is 5.40. The van der Waals surface area contributed by atoms with E-state index in [4.69, 9.17) is 5.84 Å². The Kier molecular flexibility index (Phi) is 3.89. The van der Waals surface area contributed by atoms with Gasteiger partial charge in [-0.25, -0.2) is 4.98 Å². The van der Waals surface area contributed by atoms with Crippen molar-refractivity contribution in [3.05, 3.63) is 51.5 Å². The molecule has 0 amide bonds. The number of rotatable bonds is 4. The van der Waals surface area contributed by atoms with Gasteiger partial charge in [0.25, 0.3) is 0 Å². The minimum absolute atomic E-state index is 0.125. The third-order valence-electron chi connectivity index (χ3n) is 2.69. The number of aromatic nitrogens is 1. The molecule has 2 aromatic rings. The molecule has 3 nitrogen and oxygen atoms in total. The summed E-state index contributed by atoms with van der Waals surface area (Å²) in [4.78, 5) is 4.47. The van der Waals surface area contributed by atoms with Crippen LogP contribution in [0.25, 0.3) is 0 Å². The molecule has 90 valence electrons. The lowest BCUT2D eigenvalue weighted by Crippen LogP contribution is -2.29. The summed E-state index contributed by atoms with van der Waals surface area (Å²) in [5, 5.41) is 3.19. The van der Waals surface area contributed by atoms with Gasteiger partial charge in [-0.3, -0.25) is 11.3 Å². The molecular weight excluding hydrogens is 230 g/mol. The van der Waals surface area contributed by atoms with Gasteiger partial charge in [-0.15, -0.1) is 11.3 Å². The predicted molar refractivity (Wildman–Crippen MR) is 71.8 cm³/mol. The van der Waals surface area contributed by atoms with E-state index in [0.717, 1.165) is 17.1 Å². The van der Waals surface area contributed by atoms with Gasteiger partial charge in [-0.05, 0) is 19.4 Å². The maximum atomic E-state index is 5.64. The standard InChI is InChI=1S/C13H17N3S/c1-9-4-3-5-11(6-9)12(16-14)7-13-15-10(2)8-17-13/h3-6,8,12,16H,7,14H2,1-2H3. The molecular formula is C13H17N3S. The maximum absolute atomic E-state index is 5.64. The fourth-order valence-corrected chi connectivity index (χ4v) is 2.65. The van der Waals surface area contributed by atoms with E-state index in [1.807, 2.05) is 6.92 Å². The summed E-state index contributed by atoms with van der Waals surface area (Å²) < 4.78 is 0. The van der Waals surface area contributed by atoms with Gasteiger partial charge in [0, 0.05) is 17.5 Å². The zero-order valence-electron chi connectivity index (χ0n) is 10.1. The van der Waals surface area contributed by atoms with Crippen LogP contribution in [0, 0.1) is 13.8 Å². The molecule has 0 aliphatic rings. The summed E-state index contributed by atoms with van der Waals surface area (Å²) in [5.74, 6) is 5.64. The highest BCUT2D eigenvalue weighted by Gasteiger charge is 2.12. The summed E-state index contributed by atoms with van der Waals surface area (Å²) >= 11 is 1.69. The minimum Gasteiger partial charge on any atom is -0.271 e. The molecule has 0 saturated carbocycles. The Labute approximate surface area is 106 Å². The highest BCUT2D eigenvalue weighted by molar-refractivity contribution is 7.09. The molecule has 17 heavy (non-hydrogen) atoms. The molecule has 1 aromatic heterocycles. The van der Waals surface area contributed by atoms with Crippen molar-refractivity contribution in [1.82, 2.24) is 10.4 Å². The number of nitrogens with zero attached hydrogens (tertiary/aromatic N) is 1. The minimum atomic E-state index is 0.125. The first-order chi connectivity index (χ1) is 8.19. The van der Waals surface area contributed by atoms with Crippen LogP contribution in [0.2, 0.25) is 0 Å². The Bertz CT molecular complexity index is 493. The topological polar surface area (TPSA) is 50.9 Å². The molecule has 2 rings (SSSR count). The number of thiazole rings is 1. The van der Waals surface area contributed by atoms with Crippen LogP contribution in [-0.4, -0.2) is 4.98 Å². The van der Waals surface area contributed by atoms with Crippen LogP contribution in [0.5, 0.6) is 0 Å². The largest absolute Gasteiger partial charge is 0.271 e. The number of hydrogen-bond donors (Lipinski definition) is 2. The normalized spacial score (nSPS) is 12.6. The zero-order valence-corrected chi connectivity index (χ0v) is 10.9. The van der Waals surface area contributed by atoms with E-state index in [2.05, 4.69) is 47.0 Å². The van der Waals surface area contributed by atoms with Gasteiger partial charge in [0.1, 0.15) is 0 Å². The second-order valence-corrected chi connectivity index (χ2v) is 5.16. The molecule has 0 spiro atoms. The summed E-state index contributed by atoms with van der Waals surface area (Å²) in [6.07, 6.45) is 0.832. The van der Waals surface area contributed by atoms with Gasteiger partial charge in [0.2, 0.25) is 0 Å². The SMILES string of the molecule is Cc1cccc(C(Cc2nc(C)cs2)NN)c1. The first kappa shape index (κ1) is 12.2. The molecule has 0 bridgehead atoms. The maximum Gasteiger partial charge on any atom is 0.0947 e. The van der Waals surface area contributed by atoms with Gasteiger partial charge in [-0.2, -0.15) is 0 Å². The number of hydrazine groups is 1. The Balaban J connectivity index is 2.16. The third kappa shape index (κ3) is 3.12. The average molecular weight is 247 g/mol.